The first-order chi connectivity index (χ1) is 7.65. The Bertz CT molecular complexity index is 409. The molecule has 16 heavy (non-hydrogen) atoms. The van der Waals surface area contributed by atoms with Crippen LogP contribution in [0.25, 0.3) is 0 Å². The molecule has 0 saturated heterocycles. The van der Waals surface area contributed by atoms with Gasteiger partial charge in [-0.25, -0.2) is 0 Å². The van der Waals surface area contributed by atoms with E-state index in [9.17, 15) is 5.11 Å². The van der Waals surface area contributed by atoms with Crippen molar-refractivity contribution in [3.63, 3.8) is 0 Å². The Labute approximate surface area is 98.9 Å². The number of fused-ring (bicyclic) bond motifs is 1. The second-order valence-corrected chi connectivity index (χ2v) is 4.08. The molecule has 88 valence electrons. The van der Waals surface area contributed by atoms with E-state index in [-0.39, 0.29) is 6.54 Å². The number of hydrogen-bond acceptors (Lipinski definition) is 4. The lowest BCUT2D eigenvalue weighted by Gasteiger charge is -2.25. The van der Waals surface area contributed by atoms with Crippen LogP contribution in [0.3, 0.4) is 0 Å². The largest absolute Gasteiger partial charge is 0.486 e. The molecule has 0 spiro atoms. The zero-order chi connectivity index (χ0) is 11.7. The van der Waals surface area contributed by atoms with Gasteiger partial charge in [0.15, 0.2) is 11.5 Å². The monoisotopic (exact) mass is 243 g/mol. The number of aliphatic hydroxyl groups is 1. The Hall–Kier alpha value is -0.970. The number of benzene rings is 1. The molecule has 1 aromatic rings. The normalized spacial score (nSPS) is 16.0. The molecule has 1 unspecified atom stereocenters. The zero-order valence-corrected chi connectivity index (χ0v) is 9.75. The highest BCUT2D eigenvalue weighted by Gasteiger charge is 2.24. The molecule has 0 fully saturated rings. The van der Waals surface area contributed by atoms with Gasteiger partial charge in [0.25, 0.3) is 0 Å². The van der Waals surface area contributed by atoms with Crippen LogP contribution in [0.15, 0.2) is 6.07 Å². The van der Waals surface area contributed by atoms with Crippen molar-refractivity contribution in [3.8, 4) is 11.5 Å². The van der Waals surface area contributed by atoms with Gasteiger partial charge in [-0.05, 0) is 12.5 Å². The second kappa shape index (κ2) is 4.49. The summed E-state index contributed by atoms with van der Waals surface area (Å²) < 4.78 is 10.9. The van der Waals surface area contributed by atoms with Crippen LogP contribution < -0.4 is 15.2 Å². The molecule has 0 saturated carbocycles. The summed E-state index contributed by atoms with van der Waals surface area (Å²) >= 11 is 6.06. The topological polar surface area (TPSA) is 64.7 Å². The zero-order valence-electron chi connectivity index (χ0n) is 9.00. The molecule has 0 aliphatic carbocycles. The molecule has 3 N–H and O–H groups in total. The van der Waals surface area contributed by atoms with Gasteiger partial charge in [-0.15, -0.1) is 0 Å². The van der Waals surface area contributed by atoms with Gasteiger partial charge in [0.2, 0.25) is 0 Å². The molecular weight excluding hydrogens is 230 g/mol. The summed E-state index contributed by atoms with van der Waals surface area (Å²) in [5, 5.41) is 10.4. The maximum absolute atomic E-state index is 9.87. The van der Waals surface area contributed by atoms with Gasteiger partial charge in [-0.2, -0.15) is 0 Å². The lowest BCUT2D eigenvalue weighted by Crippen LogP contribution is -2.20. The van der Waals surface area contributed by atoms with Crippen LogP contribution in [0.4, 0.5) is 0 Å². The fraction of sp³-hybridized carbons (Fsp3) is 0.455. The Morgan fingerprint density at radius 2 is 2.19 bits per heavy atom. The van der Waals surface area contributed by atoms with Crippen molar-refractivity contribution in [2.24, 2.45) is 5.73 Å². The maximum Gasteiger partial charge on any atom is 0.167 e. The van der Waals surface area contributed by atoms with Gasteiger partial charge >= 0.3 is 0 Å². The van der Waals surface area contributed by atoms with E-state index in [0.29, 0.717) is 35.3 Å². The van der Waals surface area contributed by atoms with Gasteiger partial charge in [-0.3, -0.25) is 0 Å². The van der Waals surface area contributed by atoms with E-state index >= 15 is 0 Å². The summed E-state index contributed by atoms with van der Waals surface area (Å²) in [6.07, 6.45) is -0.783. The van der Waals surface area contributed by atoms with E-state index in [0.717, 1.165) is 5.56 Å². The molecule has 1 atom stereocenters. The van der Waals surface area contributed by atoms with Crippen molar-refractivity contribution in [2.45, 2.75) is 13.0 Å². The first-order valence-corrected chi connectivity index (χ1v) is 5.49. The predicted octanol–water partition coefficient (Wildman–Crippen LogP) is 1.41. The third-order valence-electron chi connectivity index (χ3n) is 2.63. The van der Waals surface area contributed by atoms with Crippen molar-refractivity contribution >= 4 is 11.6 Å². The van der Waals surface area contributed by atoms with Crippen LogP contribution in [-0.2, 0) is 0 Å². The fourth-order valence-electron chi connectivity index (χ4n) is 1.79. The van der Waals surface area contributed by atoms with E-state index in [1.807, 2.05) is 6.92 Å². The fourth-order valence-corrected chi connectivity index (χ4v) is 1.99. The number of halogens is 1. The molecule has 0 radical (unpaired) electrons. The van der Waals surface area contributed by atoms with E-state index in [2.05, 4.69) is 0 Å². The second-order valence-electron chi connectivity index (χ2n) is 3.67. The Kier molecular flexibility index (Phi) is 3.23. The minimum absolute atomic E-state index is 0.122. The van der Waals surface area contributed by atoms with Crippen LogP contribution in [0, 0.1) is 6.92 Å². The molecule has 0 amide bonds. The van der Waals surface area contributed by atoms with Crippen LogP contribution in [0.2, 0.25) is 5.02 Å². The van der Waals surface area contributed by atoms with Gasteiger partial charge in [0, 0.05) is 23.2 Å². The van der Waals surface area contributed by atoms with Gasteiger partial charge in [0.05, 0.1) is 6.10 Å². The van der Waals surface area contributed by atoms with E-state index in [4.69, 9.17) is 26.8 Å². The molecular formula is C11H14ClNO3. The minimum atomic E-state index is -0.783. The van der Waals surface area contributed by atoms with Gasteiger partial charge in [-0.1, -0.05) is 11.6 Å². The van der Waals surface area contributed by atoms with E-state index in [1.165, 1.54) is 0 Å². The van der Waals surface area contributed by atoms with Crippen molar-refractivity contribution in [1.29, 1.82) is 0 Å². The molecule has 5 heteroatoms. The Morgan fingerprint density at radius 1 is 1.50 bits per heavy atom. The lowest BCUT2D eigenvalue weighted by atomic mass is 10.0. The molecule has 1 aliphatic heterocycles. The highest BCUT2D eigenvalue weighted by molar-refractivity contribution is 6.31. The summed E-state index contributed by atoms with van der Waals surface area (Å²) in [4.78, 5) is 0. The quantitative estimate of drug-likeness (QED) is 0.825. The molecule has 2 rings (SSSR count). The number of rotatable bonds is 2. The van der Waals surface area contributed by atoms with E-state index in [1.54, 1.807) is 6.07 Å². The average Bonchev–Trinajstić information content (AvgIpc) is 2.30. The van der Waals surface area contributed by atoms with Crippen LogP contribution in [0.1, 0.15) is 17.2 Å². The number of hydrogen-bond donors (Lipinski definition) is 2. The van der Waals surface area contributed by atoms with Crippen molar-refractivity contribution in [1.82, 2.24) is 0 Å². The predicted molar refractivity (Wildman–Crippen MR) is 61.2 cm³/mol. The van der Waals surface area contributed by atoms with Crippen LogP contribution >= 0.6 is 11.6 Å². The number of aliphatic hydroxyl groups excluding tert-OH is 1. The Balaban J connectivity index is 2.59. The molecule has 4 nitrogen and oxygen atoms in total. The van der Waals surface area contributed by atoms with E-state index < -0.39 is 6.10 Å². The minimum Gasteiger partial charge on any atom is -0.486 e. The molecule has 1 aliphatic rings. The summed E-state index contributed by atoms with van der Waals surface area (Å²) in [5.41, 5.74) is 6.88. The number of ether oxygens (including phenoxy) is 2. The SMILES string of the molecule is Cc1c(Cl)cc2c(c1C(O)CN)OCCO2. The molecule has 1 aromatic carbocycles. The summed E-state index contributed by atoms with van der Waals surface area (Å²) in [5.74, 6) is 1.13. The van der Waals surface area contributed by atoms with Gasteiger partial charge < -0.3 is 20.3 Å². The van der Waals surface area contributed by atoms with Crippen LogP contribution in [-0.4, -0.2) is 24.9 Å². The molecule has 1 heterocycles. The highest BCUT2D eigenvalue weighted by Crippen LogP contribution is 2.42. The third kappa shape index (κ3) is 1.84. The maximum atomic E-state index is 9.87. The molecule has 0 bridgehead atoms. The highest BCUT2D eigenvalue weighted by atomic mass is 35.5. The molecule has 0 aromatic heterocycles. The van der Waals surface area contributed by atoms with Crippen LogP contribution in [0.5, 0.6) is 11.5 Å². The standard InChI is InChI=1S/C11H14ClNO3/c1-6-7(12)4-9-11(16-3-2-15-9)10(6)8(14)5-13/h4,8,14H,2-3,5,13H2,1H3. The average molecular weight is 244 g/mol. The first kappa shape index (κ1) is 11.5. The van der Waals surface area contributed by atoms with Crippen molar-refractivity contribution in [2.75, 3.05) is 19.8 Å². The van der Waals surface area contributed by atoms with Crippen molar-refractivity contribution < 1.29 is 14.6 Å². The third-order valence-corrected chi connectivity index (χ3v) is 3.02. The smallest absolute Gasteiger partial charge is 0.167 e. The lowest BCUT2D eigenvalue weighted by molar-refractivity contribution is 0.149. The van der Waals surface area contributed by atoms with Crippen molar-refractivity contribution in [3.05, 3.63) is 22.2 Å². The van der Waals surface area contributed by atoms with Gasteiger partial charge in [0.1, 0.15) is 13.2 Å². The number of nitrogens with two attached hydrogens (primary N) is 1. The summed E-state index contributed by atoms with van der Waals surface area (Å²) in [6, 6.07) is 1.71. The first-order valence-electron chi connectivity index (χ1n) is 5.12. The summed E-state index contributed by atoms with van der Waals surface area (Å²) in [7, 11) is 0. The summed E-state index contributed by atoms with van der Waals surface area (Å²) in [6.45, 7) is 2.91. The Morgan fingerprint density at radius 3 is 2.88 bits per heavy atom.